The molecule has 0 aromatic heterocycles. The standard InChI is InChI=1S/C21H23ClF2N2.ClH/c22-10-1-2-11-25-12-9-21-19(14-25)18-13-16(24)5-8-20(18)26(21)17-6-3-15(23)4-7-17;/h3-8,13,19,21H,1-2,9-12,14H2;1H/t19-,21+;/m0./s1. The summed E-state index contributed by atoms with van der Waals surface area (Å²) in [5, 5.41) is 0. The Labute approximate surface area is 170 Å². The van der Waals surface area contributed by atoms with Crippen LogP contribution in [0.25, 0.3) is 0 Å². The third kappa shape index (κ3) is 4.08. The van der Waals surface area contributed by atoms with E-state index in [0.29, 0.717) is 11.9 Å². The molecule has 6 heteroatoms. The molecule has 2 aliphatic heterocycles. The van der Waals surface area contributed by atoms with Crippen LogP contribution in [0.3, 0.4) is 0 Å². The van der Waals surface area contributed by atoms with Gasteiger partial charge in [-0.3, -0.25) is 0 Å². The van der Waals surface area contributed by atoms with Crippen molar-refractivity contribution in [3.8, 4) is 0 Å². The Morgan fingerprint density at radius 1 is 1.00 bits per heavy atom. The molecule has 0 N–H and O–H groups in total. The lowest BCUT2D eigenvalue weighted by molar-refractivity contribution is 0.194. The zero-order valence-corrected chi connectivity index (χ0v) is 16.7. The van der Waals surface area contributed by atoms with E-state index in [1.54, 1.807) is 6.07 Å². The number of anilines is 2. The highest BCUT2D eigenvalue weighted by molar-refractivity contribution is 6.17. The van der Waals surface area contributed by atoms with Crippen LogP contribution in [-0.4, -0.2) is 36.5 Å². The van der Waals surface area contributed by atoms with Crippen molar-refractivity contribution < 1.29 is 8.78 Å². The minimum absolute atomic E-state index is 0. The molecule has 0 unspecified atom stereocenters. The number of hydrogen-bond donors (Lipinski definition) is 0. The molecule has 0 saturated carbocycles. The van der Waals surface area contributed by atoms with E-state index in [-0.39, 0.29) is 30.0 Å². The summed E-state index contributed by atoms with van der Waals surface area (Å²) >= 11 is 5.80. The molecule has 2 heterocycles. The van der Waals surface area contributed by atoms with Gasteiger partial charge in [0, 0.05) is 42.3 Å². The van der Waals surface area contributed by atoms with Crippen LogP contribution in [0.1, 0.15) is 30.7 Å². The molecule has 0 spiro atoms. The summed E-state index contributed by atoms with van der Waals surface area (Å²) in [5.74, 6) is 0.544. The highest BCUT2D eigenvalue weighted by Gasteiger charge is 2.42. The monoisotopic (exact) mass is 412 g/mol. The molecule has 2 aliphatic rings. The van der Waals surface area contributed by atoms with Crippen LogP contribution in [0, 0.1) is 11.6 Å². The summed E-state index contributed by atoms with van der Waals surface area (Å²) < 4.78 is 27.3. The number of nitrogens with zero attached hydrogens (tertiary/aromatic N) is 2. The maximum absolute atomic E-state index is 14.0. The Kier molecular flexibility index (Phi) is 6.61. The largest absolute Gasteiger partial charge is 0.337 e. The lowest BCUT2D eigenvalue weighted by Gasteiger charge is -2.39. The van der Waals surface area contributed by atoms with Gasteiger partial charge < -0.3 is 9.80 Å². The predicted octanol–water partition coefficient (Wildman–Crippen LogP) is 5.72. The van der Waals surface area contributed by atoms with Crippen LogP contribution in [0.5, 0.6) is 0 Å². The normalized spacial score (nSPS) is 21.5. The number of alkyl halides is 1. The van der Waals surface area contributed by atoms with Gasteiger partial charge in [0.05, 0.1) is 0 Å². The molecule has 4 rings (SSSR count). The first-order valence-electron chi connectivity index (χ1n) is 9.30. The van der Waals surface area contributed by atoms with Crippen LogP contribution < -0.4 is 4.90 Å². The molecule has 0 bridgehead atoms. The van der Waals surface area contributed by atoms with E-state index in [1.165, 1.54) is 18.2 Å². The average Bonchev–Trinajstić information content (AvgIpc) is 2.96. The van der Waals surface area contributed by atoms with Gasteiger partial charge in [-0.25, -0.2) is 8.78 Å². The molecule has 2 atom stereocenters. The second kappa shape index (κ2) is 8.76. The fourth-order valence-corrected chi connectivity index (χ4v) is 4.60. The van der Waals surface area contributed by atoms with E-state index < -0.39 is 0 Å². The van der Waals surface area contributed by atoms with E-state index in [1.807, 2.05) is 18.2 Å². The minimum Gasteiger partial charge on any atom is -0.337 e. The molecule has 0 amide bonds. The van der Waals surface area contributed by atoms with Gasteiger partial charge in [-0.2, -0.15) is 0 Å². The van der Waals surface area contributed by atoms with Crippen LogP contribution in [0.15, 0.2) is 42.5 Å². The number of benzene rings is 2. The number of piperidine rings is 1. The Hall–Kier alpha value is -1.36. The molecule has 0 aliphatic carbocycles. The third-order valence-corrected chi connectivity index (χ3v) is 5.87. The number of halogens is 4. The number of unbranched alkanes of at least 4 members (excludes halogenated alkanes) is 1. The van der Waals surface area contributed by atoms with Gasteiger partial charge in [-0.05, 0) is 73.8 Å². The summed E-state index contributed by atoms with van der Waals surface area (Å²) in [4.78, 5) is 4.74. The highest BCUT2D eigenvalue weighted by Crippen LogP contribution is 2.48. The first kappa shape index (κ1) is 20.4. The van der Waals surface area contributed by atoms with Crippen molar-refractivity contribution in [2.75, 3.05) is 30.4 Å². The zero-order valence-electron chi connectivity index (χ0n) is 15.1. The maximum atomic E-state index is 14.0. The molecule has 146 valence electrons. The highest BCUT2D eigenvalue weighted by atomic mass is 35.5. The summed E-state index contributed by atoms with van der Waals surface area (Å²) in [6.45, 7) is 3.00. The smallest absolute Gasteiger partial charge is 0.123 e. The van der Waals surface area contributed by atoms with Gasteiger partial charge in [0.25, 0.3) is 0 Å². The zero-order chi connectivity index (χ0) is 18.1. The summed E-state index contributed by atoms with van der Waals surface area (Å²) in [7, 11) is 0. The lowest BCUT2D eigenvalue weighted by atomic mass is 9.89. The third-order valence-electron chi connectivity index (χ3n) is 5.60. The van der Waals surface area contributed by atoms with Crippen LogP contribution in [-0.2, 0) is 0 Å². The Morgan fingerprint density at radius 2 is 1.74 bits per heavy atom. The second-order valence-electron chi connectivity index (χ2n) is 7.21. The average molecular weight is 413 g/mol. The number of fused-ring (bicyclic) bond motifs is 3. The predicted molar refractivity (Wildman–Crippen MR) is 110 cm³/mol. The van der Waals surface area contributed by atoms with E-state index >= 15 is 0 Å². The quantitative estimate of drug-likeness (QED) is 0.457. The van der Waals surface area contributed by atoms with E-state index in [2.05, 4.69) is 9.80 Å². The fraction of sp³-hybridized carbons (Fsp3) is 0.429. The minimum atomic E-state index is -0.238. The van der Waals surface area contributed by atoms with Crippen molar-refractivity contribution >= 4 is 35.4 Å². The molecular formula is C21H24Cl2F2N2. The molecule has 2 nitrogen and oxygen atoms in total. The Bertz CT molecular complexity index is 769. The van der Waals surface area contributed by atoms with Crippen molar-refractivity contribution in [1.29, 1.82) is 0 Å². The van der Waals surface area contributed by atoms with Crippen LogP contribution >= 0.6 is 24.0 Å². The number of rotatable bonds is 5. The second-order valence-corrected chi connectivity index (χ2v) is 7.59. The van der Waals surface area contributed by atoms with Crippen molar-refractivity contribution in [2.45, 2.75) is 31.2 Å². The number of likely N-dealkylation sites (tertiary alicyclic amines) is 1. The first-order chi connectivity index (χ1) is 12.7. The molecular weight excluding hydrogens is 389 g/mol. The van der Waals surface area contributed by atoms with Gasteiger partial charge >= 0.3 is 0 Å². The summed E-state index contributed by atoms with van der Waals surface area (Å²) in [5.41, 5.74) is 3.10. The fourth-order valence-electron chi connectivity index (χ4n) is 4.41. The summed E-state index contributed by atoms with van der Waals surface area (Å²) in [6.07, 6.45) is 3.14. The van der Waals surface area contributed by atoms with Crippen molar-refractivity contribution in [2.24, 2.45) is 0 Å². The van der Waals surface area contributed by atoms with Crippen LogP contribution in [0.4, 0.5) is 20.2 Å². The van der Waals surface area contributed by atoms with Crippen molar-refractivity contribution in [1.82, 2.24) is 4.90 Å². The lowest BCUT2D eigenvalue weighted by Crippen LogP contribution is -2.45. The van der Waals surface area contributed by atoms with E-state index in [0.717, 1.165) is 55.8 Å². The van der Waals surface area contributed by atoms with Crippen molar-refractivity contribution in [3.63, 3.8) is 0 Å². The van der Waals surface area contributed by atoms with Gasteiger partial charge in [0.2, 0.25) is 0 Å². The van der Waals surface area contributed by atoms with Gasteiger partial charge in [-0.15, -0.1) is 24.0 Å². The van der Waals surface area contributed by atoms with E-state index in [4.69, 9.17) is 11.6 Å². The molecule has 1 fully saturated rings. The Balaban J connectivity index is 0.00000210. The van der Waals surface area contributed by atoms with Gasteiger partial charge in [0.1, 0.15) is 11.6 Å². The summed E-state index contributed by atoms with van der Waals surface area (Å²) in [6, 6.07) is 12.0. The molecule has 1 saturated heterocycles. The Morgan fingerprint density at radius 3 is 2.48 bits per heavy atom. The van der Waals surface area contributed by atoms with Gasteiger partial charge in [-0.1, -0.05) is 0 Å². The molecule has 27 heavy (non-hydrogen) atoms. The SMILES string of the molecule is Cl.Fc1ccc(N2c3ccc(F)cc3[C@@H]3CN(CCCCCl)CC[C@H]32)cc1. The molecule has 2 aromatic rings. The number of hydrogen-bond acceptors (Lipinski definition) is 2. The topological polar surface area (TPSA) is 6.48 Å². The van der Waals surface area contributed by atoms with Crippen molar-refractivity contribution in [3.05, 3.63) is 59.7 Å². The maximum Gasteiger partial charge on any atom is 0.123 e. The molecule has 0 radical (unpaired) electrons. The van der Waals surface area contributed by atoms with E-state index in [9.17, 15) is 8.78 Å². The van der Waals surface area contributed by atoms with Gasteiger partial charge in [0.15, 0.2) is 0 Å². The van der Waals surface area contributed by atoms with Crippen LogP contribution in [0.2, 0.25) is 0 Å². The molecule has 2 aromatic carbocycles. The first-order valence-corrected chi connectivity index (χ1v) is 9.83.